The zero-order chi connectivity index (χ0) is 15.1. The van der Waals surface area contributed by atoms with Crippen LogP contribution < -0.4 is 10.1 Å². The van der Waals surface area contributed by atoms with Crippen molar-refractivity contribution in [1.82, 2.24) is 5.32 Å². The largest absolute Gasteiger partial charge is 0.487 e. The fourth-order valence-corrected chi connectivity index (χ4v) is 3.29. The van der Waals surface area contributed by atoms with Gasteiger partial charge in [-0.25, -0.2) is 0 Å². The van der Waals surface area contributed by atoms with Crippen molar-refractivity contribution in [2.75, 3.05) is 13.2 Å². The highest BCUT2D eigenvalue weighted by Gasteiger charge is 2.41. The molecule has 2 N–H and O–H groups in total. The van der Waals surface area contributed by atoms with Crippen LogP contribution in [0.1, 0.15) is 45.2 Å². The highest BCUT2D eigenvalue weighted by molar-refractivity contribution is 5.38. The van der Waals surface area contributed by atoms with Gasteiger partial charge in [0.1, 0.15) is 17.0 Å². The van der Waals surface area contributed by atoms with Crippen LogP contribution in [0.5, 0.6) is 5.75 Å². The number of ether oxygens (including phenoxy) is 2. The molecule has 1 saturated heterocycles. The third kappa shape index (κ3) is 2.93. The van der Waals surface area contributed by atoms with Crippen LogP contribution in [0.25, 0.3) is 0 Å². The molecule has 0 aliphatic carbocycles. The molecule has 2 aliphatic rings. The fraction of sp³-hybridized carbons (Fsp3) is 0.647. The Hall–Kier alpha value is -1.10. The van der Waals surface area contributed by atoms with Gasteiger partial charge in [-0.1, -0.05) is 18.2 Å². The van der Waals surface area contributed by atoms with Gasteiger partial charge in [0.15, 0.2) is 0 Å². The van der Waals surface area contributed by atoms with Gasteiger partial charge in [-0.3, -0.25) is 0 Å². The molecule has 4 nitrogen and oxygen atoms in total. The smallest absolute Gasteiger partial charge is 0.124 e. The van der Waals surface area contributed by atoms with Crippen LogP contribution in [0.4, 0.5) is 0 Å². The third-order valence-electron chi connectivity index (χ3n) is 4.69. The van der Waals surface area contributed by atoms with Crippen LogP contribution in [0.15, 0.2) is 24.3 Å². The first kappa shape index (κ1) is 14.8. The van der Waals surface area contributed by atoms with Gasteiger partial charge in [0.2, 0.25) is 0 Å². The van der Waals surface area contributed by atoms with Crippen molar-refractivity contribution in [2.24, 2.45) is 0 Å². The third-order valence-corrected chi connectivity index (χ3v) is 4.69. The summed E-state index contributed by atoms with van der Waals surface area (Å²) in [6.07, 6.45) is 1.46. The van der Waals surface area contributed by atoms with Gasteiger partial charge in [-0.2, -0.15) is 0 Å². The molecule has 0 bridgehead atoms. The van der Waals surface area contributed by atoms with E-state index in [-0.39, 0.29) is 17.7 Å². The lowest BCUT2D eigenvalue weighted by Crippen LogP contribution is -2.48. The van der Waals surface area contributed by atoms with Crippen LogP contribution in [-0.4, -0.2) is 35.6 Å². The average molecular weight is 291 g/mol. The Labute approximate surface area is 126 Å². The Balaban J connectivity index is 1.76. The Bertz CT molecular complexity index is 517. The van der Waals surface area contributed by atoms with Gasteiger partial charge in [0, 0.05) is 37.6 Å². The first-order valence-corrected chi connectivity index (χ1v) is 7.75. The second-order valence-corrected chi connectivity index (χ2v) is 6.90. The van der Waals surface area contributed by atoms with Crippen LogP contribution >= 0.6 is 0 Å². The standard InChI is InChI=1S/C17H25NO3/c1-12-17(19,8-9-20-12)11-18-14-10-16(2,3)21-15-7-5-4-6-13(14)15/h4-7,12,14,18-19H,8-11H2,1-3H3. The maximum absolute atomic E-state index is 10.6. The maximum Gasteiger partial charge on any atom is 0.124 e. The Morgan fingerprint density at radius 2 is 2.10 bits per heavy atom. The second kappa shape index (κ2) is 5.27. The molecule has 1 aromatic rings. The monoisotopic (exact) mass is 291 g/mol. The summed E-state index contributed by atoms with van der Waals surface area (Å²) < 4.78 is 11.5. The molecule has 0 spiro atoms. The van der Waals surface area contributed by atoms with Crippen molar-refractivity contribution in [3.8, 4) is 5.75 Å². The number of aliphatic hydroxyl groups is 1. The summed E-state index contributed by atoms with van der Waals surface area (Å²) >= 11 is 0. The lowest BCUT2D eigenvalue weighted by molar-refractivity contribution is -0.0305. The summed E-state index contributed by atoms with van der Waals surface area (Å²) in [6, 6.07) is 8.34. The molecule has 21 heavy (non-hydrogen) atoms. The Kier molecular flexibility index (Phi) is 3.72. The highest BCUT2D eigenvalue weighted by atomic mass is 16.5. The van der Waals surface area contributed by atoms with Gasteiger partial charge in [-0.05, 0) is 26.8 Å². The van der Waals surface area contributed by atoms with Gasteiger partial charge >= 0.3 is 0 Å². The lowest BCUT2D eigenvalue weighted by Gasteiger charge is -2.39. The minimum Gasteiger partial charge on any atom is -0.487 e. The molecule has 3 unspecified atom stereocenters. The number of fused-ring (bicyclic) bond motifs is 1. The van der Waals surface area contributed by atoms with Crippen LogP contribution in [0.2, 0.25) is 0 Å². The second-order valence-electron chi connectivity index (χ2n) is 6.90. The normalized spacial score (nSPS) is 34.3. The number of benzene rings is 1. The Morgan fingerprint density at radius 3 is 2.81 bits per heavy atom. The van der Waals surface area contributed by atoms with Crippen LogP contribution in [0, 0.1) is 0 Å². The van der Waals surface area contributed by atoms with Crippen molar-refractivity contribution < 1.29 is 14.6 Å². The van der Waals surface area contributed by atoms with Gasteiger partial charge < -0.3 is 19.9 Å². The SMILES string of the molecule is CC1OCCC1(O)CNC1CC(C)(C)Oc2ccccc21. The zero-order valence-corrected chi connectivity index (χ0v) is 13.1. The minimum absolute atomic E-state index is 0.118. The first-order valence-electron chi connectivity index (χ1n) is 7.75. The van der Waals surface area contributed by atoms with E-state index >= 15 is 0 Å². The predicted molar refractivity (Wildman–Crippen MR) is 81.5 cm³/mol. The van der Waals surface area contributed by atoms with Crippen LogP contribution in [-0.2, 0) is 4.74 Å². The van der Waals surface area contributed by atoms with E-state index in [4.69, 9.17) is 9.47 Å². The number of hydrogen-bond donors (Lipinski definition) is 2. The molecular weight excluding hydrogens is 266 g/mol. The van der Waals surface area contributed by atoms with E-state index in [0.717, 1.165) is 12.2 Å². The summed E-state index contributed by atoms with van der Waals surface area (Å²) in [5.74, 6) is 0.939. The van der Waals surface area contributed by atoms with E-state index in [1.54, 1.807) is 0 Å². The molecule has 2 aliphatic heterocycles. The zero-order valence-electron chi connectivity index (χ0n) is 13.1. The van der Waals surface area contributed by atoms with E-state index in [2.05, 4.69) is 25.2 Å². The number of para-hydroxylation sites is 1. The summed E-state index contributed by atoms with van der Waals surface area (Å²) in [6.45, 7) is 7.33. The summed E-state index contributed by atoms with van der Waals surface area (Å²) in [5.41, 5.74) is 0.205. The molecule has 0 aromatic heterocycles. The van der Waals surface area contributed by atoms with E-state index < -0.39 is 5.60 Å². The van der Waals surface area contributed by atoms with E-state index in [0.29, 0.717) is 19.6 Å². The fourth-order valence-electron chi connectivity index (χ4n) is 3.29. The molecule has 0 amide bonds. The van der Waals surface area contributed by atoms with Crippen molar-refractivity contribution in [2.45, 2.75) is 57.0 Å². The van der Waals surface area contributed by atoms with E-state index in [1.165, 1.54) is 5.56 Å². The van der Waals surface area contributed by atoms with Gasteiger partial charge in [-0.15, -0.1) is 0 Å². The first-order chi connectivity index (χ1) is 9.90. The molecule has 0 saturated carbocycles. The predicted octanol–water partition coefficient (Wildman–Crippen LogP) is 2.42. The van der Waals surface area contributed by atoms with E-state index in [9.17, 15) is 5.11 Å². The topological polar surface area (TPSA) is 50.7 Å². The number of hydrogen-bond acceptors (Lipinski definition) is 4. The molecule has 3 rings (SSSR count). The molecular formula is C17H25NO3. The highest BCUT2D eigenvalue weighted by Crippen LogP contribution is 2.39. The molecule has 3 atom stereocenters. The van der Waals surface area contributed by atoms with Crippen molar-refractivity contribution in [3.63, 3.8) is 0 Å². The summed E-state index contributed by atoms with van der Waals surface area (Å²) in [4.78, 5) is 0. The molecule has 0 radical (unpaired) electrons. The maximum atomic E-state index is 10.6. The lowest BCUT2D eigenvalue weighted by atomic mass is 9.88. The van der Waals surface area contributed by atoms with Gasteiger partial charge in [0.05, 0.1) is 6.10 Å². The quantitative estimate of drug-likeness (QED) is 0.898. The molecule has 2 heterocycles. The van der Waals surface area contributed by atoms with Crippen molar-refractivity contribution in [1.29, 1.82) is 0 Å². The summed E-state index contributed by atoms with van der Waals surface area (Å²) in [7, 11) is 0. The van der Waals surface area contributed by atoms with Crippen molar-refractivity contribution in [3.05, 3.63) is 29.8 Å². The average Bonchev–Trinajstić information content (AvgIpc) is 2.75. The number of nitrogens with one attached hydrogen (secondary N) is 1. The molecule has 4 heteroatoms. The molecule has 1 fully saturated rings. The number of rotatable bonds is 3. The van der Waals surface area contributed by atoms with E-state index in [1.807, 2.05) is 25.1 Å². The summed E-state index contributed by atoms with van der Waals surface area (Å²) in [5, 5.41) is 14.2. The van der Waals surface area contributed by atoms with Crippen molar-refractivity contribution >= 4 is 0 Å². The molecule has 116 valence electrons. The minimum atomic E-state index is -0.766. The Morgan fingerprint density at radius 1 is 1.33 bits per heavy atom. The van der Waals surface area contributed by atoms with Gasteiger partial charge in [0.25, 0.3) is 0 Å². The van der Waals surface area contributed by atoms with Crippen LogP contribution in [0.3, 0.4) is 0 Å². The molecule has 1 aromatic carbocycles.